The van der Waals surface area contributed by atoms with Gasteiger partial charge in [0.25, 0.3) is 23.4 Å². The summed E-state index contributed by atoms with van der Waals surface area (Å²) in [4.78, 5) is 52.4. The molecular weight excluding hydrogens is 532 g/mol. The second kappa shape index (κ2) is 11.1. The van der Waals surface area contributed by atoms with Gasteiger partial charge in [-0.1, -0.05) is 23.8 Å². The predicted molar refractivity (Wildman–Crippen MR) is 140 cm³/mol. The van der Waals surface area contributed by atoms with E-state index >= 15 is 0 Å². The van der Waals surface area contributed by atoms with E-state index in [9.17, 15) is 32.9 Å². The third kappa shape index (κ3) is 5.73. The molecule has 38 heavy (non-hydrogen) atoms. The van der Waals surface area contributed by atoms with Crippen molar-refractivity contribution in [2.24, 2.45) is 0 Å². The molecule has 1 aliphatic heterocycles. The number of hydrogen-bond donors (Lipinski definition) is 1. The molecule has 3 aromatic rings. The van der Waals surface area contributed by atoms with Gasteiger partial charge < -0.3 is 15.1 Å². The van der Waals surface area contributed by atoms with E-state index in [2.05, 4.69) is 5.32 Å². The maximum atomic E-state index is 13.5. The Labute approximate surface area is 222 Å². The van der Waals surface area contributed by atoms with Crippen molar-refractivity contribution < 1.29 is 27.7 Å². The number of nitro benzene ring substituents is 1. The smallest absolute Gasteiger partial charge is 0.269 e. The number of hydrogen-bond acceptors (Lipinski definition) is 8. The summed E-state index contributed by atoms with van der Waals surface area (Å²) < 4.78 is 27.0. The number of non-ortho nitro benzene ring substituents is 1. The van der Waals surface area contributed by atoms with E-state index in [4.69, 9.17) is 0 Å². The van der Waals surface area contributed by atoms with Crippen LogP contribution in [-0.2, 0) is 14.6 Å². The number of aryl methyl sites for hydroxylation is 1. The second-order valence-corrected chi connectivity index (χ2v) is 11.6. The Kier molecular flexibility index (Phi) is 7.88. The van der Waals surface area contributed by atoms with Gasteiger partial charge in [-0.05, 0) is 42.6 Å². The van der Waals surface area contributed by atoms with Crippen molar-refractivity contribution in [3.63, 3.8) is 0 Å². The molecule has 3 amide bonds. The zero-order valence-electron chi connectivity index (χ0n) is 20.3. The summed E-state index contributed by atoms with van der Waals surface area (Å²) in [6.07, 6.45) is 0. The van der Waals surface area contributed by atoms with Crippen LogP contribution in [0.1, 0.15) is 25.6 Å². The largest absolute Gasteiger partial charge is 0.336 e. The van der Waals surface area contributed by atoms with Crippen molar-refractivity contribution in [2.75, 3.05) is 26.2 Å². The van der Waals surface area contributed by atoms with Crippen LogP contribution >= 0.6 is 11.3 Å². The first-order valence-corrected chi connectivity index (χ1v) is 14.0. The SMILES string of the molecule is Cc1ccc(S(=O)(=O)[C@H](NC(=O)c2cccs2)C(=O)N2CCN(C(=O)c3ccc([N+](=O)[O-])cc3)CC2)cc1. The number of nitro groups is 1. The highest BCUT2D eigenvalue weighted by atomic mass is 32.2. The number of nitrogens with one attached hydrogen (secondary N) is 1. The standard InChI is InChI=1S/C25H24N4O7S2/c1-17-4-10-20(11-5-17)38(35,36)23(26-22(30)21-3-2-16-37-21)25(32)28-14-12-27(13-15-28)24(31)18-6-8-19(9-7-18)29(33)34/h2-11,16,23H,12-15H2,1H3,(H,26,30)/t23-/m0/s1. The lowest BCUT2D eigenvalue weighted by Crippen LogP contribution is -2.57. The third-order valence-electron chi connectivity index (χ3n) is 6.09. The zero-order chi connectivity index (χ0) is 27.4. The minimum absolute atomic E-state index is 0.0480. The van der Waals surface area contributed by atoms with Gasteiger partial charge in [-0.15, -0.1) is 11.3 Å². The van der Waals surface area contributed by atoms with E-state index in [0.717, 1.165) is 16.9 Å². The van der Waals surface area contributed by atoms with Crippen LogP contribution in [-0.4, -0.2) is 72.4 Å². The molecule has 1 fully saturated rings. The van der Waals surface area contributed by atoms with Gasteiger partial charge in [0, 0.05) is 43.9 Å². The molecule has 1 aliphatic rings. The van der Waals surface area contributed by atoms with Gasteiger partial charge >= 0.3 is 0 Å². The zero-order valence-corrected chi connectivity index (χ0v) is 21.9. The molecule has 0 bridgehead atoms. The van der Waals surface area contributed by atoms with Crippen molar-refractivity contribution in [3.8, 4) is 0 Å². The van der Waals surface area contributed by atoms with Crippen LogP contribution in [0.3, 0.4) is 0 Å². The Hall–Kier alpha value is -4.10. The number of carbonyl (C=O) groups excluding carboxylic acids is 3. The molecule has 0 aliphatic carbocycles. The molecule has 0 unspecified atom stereocenters. The number of rotatable bonds is 7. The average Bonchev–Trinajstić information content (AvgIpc) is 3.46. The lowest BCUT2D eigenvalue weighted by molar-refractivity contribution is -0.384. The van der Waals surface area contributed by atoms with Crippen LogP contribution < -0.4 is 5.32 Å². The first kappa shape index (κ1) is 26.9. The number of nitrogens with zero attached hydrogens (tertiary/aromatic N) is 3. The summed E-state index contributed by atoms with van der Waals surface area (Å²) in [6, 6.07) is 14.4. The Bertz CT molecular complexity index is 1450. The first-order valence-electron chi connectivity index (χ1n) is 11.6. The fourth-order valence-electron chi connectivity index (χ4n) is 3.94. The molecule has 198 valence electrons. The molecule has 1 saturated heterocycles. The number of carbonyl (C=O) groups is 3. The van der Waals surface area contributed by atoms with E-state index in [1.807, 2.05) is 0 Å². The van der Waals surface area contributed by atoms with Crippen LogP contribution in [0.15, 0.2) is 70.9 Å². The molecule has 2 heterocycles. The molecule has 11 nitrogen and oxygen atoms in total. The van der Waals surface area contributed by atoms with Gasteiger partial charge in [0.15, 0.2) is 0 Å². The minimum Gasteiger partial charge on any atom is -0.336 e. The topological polar surface area (TPSA) is 147 Å². The quantitative estimate of drug-likeness (QED) is 0.347. The summed E-state index contributed by atoms with van der Waals surface area (Å²) in [7, 11) is -4.29. The maximum Gasteiger partial charge on any atom is 0.269 e. The average molecular weight is 557 g/mol. The first-order chi connectivity index (χ1) is 18.1. The van der Waals surface area contributed by atoms with E-state index in [-0.39, 0.29) is 53.1 Å². The highest BCUT2D eigenvalue weighted by Gasteiger charge is 2.39. The minimum atomic E-state index is -4.29. The molecule has 1 atom stereocenters. The van der Waals surface area contributed by atoms with Gasteiger partial charge in [0.2, 0.25) is 15.2 Å². The van der Waals surface area contributed by atoms with E-state index in [0.29, 0.717) is 0 Å². The molecule has 0 radical (unpaired) electrons. The van der Waals surface area contributed by atoms with Gasteiger partial charge in [-0.25, -0.2) is 8.42 Å². The molecule has 4 rings (SSSR count). The number of sulfone groups is 1. The van der Waals surface area contributed by atoms with E-state index < -0.39 is 31.9 Å². The third-order valence-corrected chi connectivity index (χ3v) is 8.83. The van der Waals surface area contributed by atoms with Crippen molar-refractivity contribution in [2.45, 2.75) is 17.2 Å². The monoisotopic (exact) mass is 556 g/mol. The highest BCUT2D eigenvalue weighted by Crippen LogP contribution is 2.20. The maximum absolute atomic E-state index is 13.5. The molecule has 1 N–H and O–H groups in total. The number of piperazine rings is 1. The summed E-state index contributed by atoms with van der Waals surface area (Å²) in [6.45, 7) is 2.14. The van der Waals surface area contributed by atoms with E-state index in [1.165, 1.54) is 52.3 Å². The van der Waals surface area contributed by atoms with Crippen molar-refractivity contribution in [3.05, 3.63) is 92.2 Å². The van der Waals surface area contributed by atoms with Gasteiger partial charge in [0.05, 0.1) is 14.7 Å². The molecule has 1 aromatic heterocycles. The Morgan fingerprint density at radius 3 is 2.11 bits per heavy atom. The molecule has 0 spiro atoms. The fraction of sp³-hybridized carbons (Fsp3) is 0.240. The number of thiophene rings is 1. The number of benzene rings is 2. The van der Waals surface area contributed by atoms with Crippen molar-refractivity contribution in [1.82, 2.24) is 15.1 Å². The van der Waals surface area contributed by atoms with Crippen LogP contribution in [0.25, 0.3) is 0 Å². The number of amides is 3. The Morgan fingerprint density at radius 2 is 1.55 bits per heavy atom. The lowest BCUT2D eigenvalue weighted by Gasteiger charge is -2.36. The van der Waals surface area contributed by atoms with Gasteiger partial charge in [-0.3, -0.25) is 24.5 Å². The van der Waals surface area contributed by atoms with Crippen LogP contribution in [0.5, 0.6) is 0 Å². The summed E-state index contributed by atoms with van der Waals surface area (Å²) in [5.74, 6) is -1.83. The second-order valence-electron chi connectivity index (χ2n) is 8.61. The van der Waals surface area contributed by atoms with Gasteiger partial charge in [0.1, 0.15) is 0 Å². The van der Waals surface area contributed by atoms with Crippen LogP contribution in [0.2, 0.25) is 0 Å². The van der Waals surface area contributed by atoms with Gasteiger partial charge in [-0.2, -0.15) is 0 Å². The van der Waals surface area contributed by atoms with Crippen molar-refractivity contribution >= 4 is 44.6 Å². The summed E-state index contributed by atoms with van der Waals surface area (Å²) >= 11 is 1.12. The Morgan fingerprint density at radius 1 is 0.947 bits per heavy atom. The normalized spacial score (nSPS) is 14.6. The molecule has 2 aromatic carbocycles. The summed E-state index contributed by atoms with van der Waals surface area (Å²) in [5, 5.41) is 13.1. The van der Waals surface area contributed by atoms with Crippen LogP contribution in [0.4, 0.5) is 5.69 Å². The molecular formula is C25H24N4O7S2. The lowest BCUT2D eigenvalue weighted by atomic mass is 10.1. The molecule has 0 saturated carbocycles. The summed E-state index contributed by atoms with van der Waals surface area (Å²) in [5.41, 5.74) is 0.962. The Balaban J connectivity index is 1.51. The van der Waals surface area contributed by atoms with Crippen LogP contribution in [0, 0.1) is 17.0 Å². The molecule has 13 heteroatoms. The highest BCUT2D eigenvalue weighted by molar-refractivity contribution is 7.92. The predicted octanol–water partition coefficient (Wildman–Crippen LogP) is 2.48. The van der Waals surface area contributed by atoms with Crippen molar-refractivity contribution in [1.29, 1.82) is 0 Å². The fourth-order valence-corrected chi connectivity index (χ4v) is 6.03. The van der Waals surface area contributed by atoms with E-state index in [1.54, 1.807) is 30.5 Å².